The fraction of sp³-hybridized carbons (Fsp3) is 0.273. The van der Waals surface area contributed by atoms with E-state index in [0.717, 1.165) is 28.8 Å². The van der Waals surface area contributed by atoms with E-state index in [1.165, 1.54) is 17.2 Å². The highest BCUT2D eigenvalue weighted by Crippen LogP contribution is 2.37. The molecule has 1 unspecified atom stereocenters. The van der Waals surface area contributed by atoms with Gasteiger partial charge in [0.05, 0.1) is 12.3 Å². The molecule has 3 heteroatoms. The van der Waals surface area contributed by atoms with Gasteiger partial charge in [-0.15, -0.1) is 0 Å². The molecule has 2 aromatic rings. The normalized spacial score (nSPS) is 16.0. The number of aryl methyl sites for hydroxylation is 1. The molecular formula is C22H23NO2. The number of fused-ring (bicyclic) bond motifs is 2. The summed E-state index contributed by atoms with van der Waals surface area (Å²) in [5.74, 6) is -0.123. The molecule has 0 saturated carbocycles. The van der Waals surface area contributed by atoms with Crippen LogP contribution in [0.2, 0.25) is 0 Å². The number of carbonyl (C=O) groups is 1. The Bertz CT molecular complexity index is 849. The first-order chi connectivity index (χ1) is 12.1. The van der Waals surface area contributed by atoms with Gasteiger partial charge in [-0.1, -0.05) is 38.1 Å². The Morgan fingerprint density at radius 1 is 1.28 bits per heavy atom. The van der Waals surface area contributed by atoms with E-state index in [1.807, 2.05) is 25.3 Å². The van der Waals surface area contributed by atoms with Crippen LogP contribution in [0.5, 0.6) is 0 Å². The van der Waals surface area contributed by atoms with Crippen LogP contribution in [0.1, 0.15) is 54.6 Å². The molecule has 128 valence electrons. The molecule has 3 rings (SSSR count). The lowest BCUT2D eigenvalue weighted by molar-refractivity contribution is -0.137. The number of hydrogen-bond acceptors (Lipinski definition) is 3. The fourth-order valence-corrected chi connectivity index (χ4v) is 3.24. The van der Waals surface area contributed by atoms with Gasteiger partial charge >= 0.3 is 5.97 Å². The molecule has 0 fully saturated rings. The number of hydrogen-bond donors (Lipinski definition) is 0. The van der Waals surface area contributed by atoms with Crippen molar-refractivity contribution < 1.29 is 9.53 Å². The number of esters is 1. The van der Waals surface area contributed by atoms with Crippen molar-refractivity contribution in [1.82, 2.24) is 4.98 Å². The lowest BCUT2D eigenvalue weighted by atomic mass is 9.89. The molecule has 0 aliphatic heterocycles. The molecule has 1 aliphatic carbocycles. The van der Waals surface area contributed by atoms with Crippen molar-refractivity contribution in [2.75, 3.05) is 6.61 Å². The van der Waals surface area contributed by atoms with Gasteiger partial charge in [-0.2, -0.15) is 0 Å². The molecular weight excluding hydrogens is 310 g/mol. The summed E-state index contributed by atoms with van der Waals surface area (Å²) in [5.41, 5.74) is 6.83. The minimum Gasteiger partial charge on any atom is -0.463 e. The summed E-state index contributed by atoms with van der Waals surface area (Å²) < 4.78 is 5.02. The van der Waals surface area contributed by atoms with Crippen LogP contribution in [0.25, 0.3) is 11.6 Å². The second-order valence-corrected chi connectivity index (χ2v) is 6.16. The number of aromatic nitrogens is 1. The fourth-order valence-electron chi connectivity index (χ4n) is 3.24. The molecule has 3 nitrogen and oxygen atoms in total. The molecule has 1 atom stereocenters. The Morgan fingerprint density at radius 2 is 2.12 bits per heavy atom. The van der Waals surface area contributed by atoms with E-state index in [9.17, 15) is 4.79 Å². The van der Waals surface area contributed by atoms with Gasteiger partial charge in [0.1, 0.15) is 0 Å². The molecule has 1 heterocycles. The molecule has 1 aliphatic rings. The second kappa shape index (κ2) is 7.47. The summed E-state index contributed by atoms with van der Waals surface area (Å²) >= 11 is 0. The Balaban J connectivity index is 2.15. The van der Waals surface area contributed by atoms with Gasteiger partial charge in [0.15, 0.2) is 0 Å². The lowest BCUT2D eigenvalue weighted by Gasteiger charge is -2.16. The zero-order valence-electron chi connectivity index (χ0n) is 15.0. The van der Waals surface area contributed by atoms with E-state index in [2.05, 4.69) is 49.2 Å². The Hall–Kier alpha value is -2.68. The molecule has 0 bridgehead atoms. The maximum absolute atomic E-state index is 11.8. The van der Waals surface area contributed by atoms with E-state index in [4.69, 9.17) is 4.74 Å². The third-order valence-corrected chi connectivity index (χ3v) is 4.58. The van der Waals surface area contributed by atoms with Crippen LogP contribution in [0.3, 0.4) is 0 Å². The Morgan fingerprint density at radius 3 is 2.88 bits per heavy atom. The lowest BCUT2D eigenvalue weighted by Crippen LogP contribution is -2.03. The topological polar surface area (TPSA) is 39.2 Å². The van der Waals surface area contributed by atoms with Crippen LogP contribution in [0.4, 0.5) is 0 Å². The number of pyridine rings is 1. The molecule has 1 aromatic carbocycles. The monoisotopic (exact) mass is 333 g/mol. The maximum atomic E-state index is 11.8. The van der Waals surface area contributed by atoms with Crippen molar-refractivity contribution >= 4 is 17.6 Å². The standard InChI is InChI=1S/C22H23NO2/c1-4-16-8-10-19-15(3)22-18(7-6-12-23-22)14-17(20(19)13-16)9-11-21(24)25-5-2/h6-15H,4-5H2,1-3H3/b11-9+. The van der Waals surface area contributed by atoms with E-state index in [1.54, 1.807) is 0 Å². The first kappa shape index (κ1) is 17.2. The number of ether oxygens (including phenoxy) is 1. The highest BCUT2D eigenvalue weighted by Gasteiger charge is 2.21. The number of benzene rings is 1. The molecule has 0 radical (unpaired) electrons. The van der Waals surface area contributed by atoms with Gasteiger partial charge in [0.2, 0.25) is 0 Å². The van der Waals surface area contributed by atoms with Crippen molar-refractivity contribution in [1.29, 1.82) is 0 Å². The van der Waals surface area contributed by atoms with E-state index in [-0.39, 0.29) is 11.9 Å². The molecule has 0 amide bonds. The first-order valence-corrected chi connectivity index (χ1v) is 8.78. The van der Waals surface area contributed by atoms with Crippen LogP contribution in [-0.4, -0.2) is 17.6 Å². The summed E-state index contributed by atoms with van der Waals surface area (Å²) in [5, 5.41) is 0. The predicted octanol–water partition coefficient (Wildman–Crippen LogP) is 4.77. The van der Waals surface area contributed by atoms with Crippen LogP contribution in [0.15, 0.2) is 48.7 Å². The van der Waals surface area contributed by atoms with E-state index < -0.39 is 0 Å². The second-order valence-electron chi connectivity index (χ2n) is 6.16. The van der Waals surface area contributed by atoms with Gasteiger partial charge in [-0.25, -0.2) is 4.79 Å². The molecule has 1 aromatic heterocycles. The van der Waals surface area contributed by atoms with Gasteiger partial charge in [-0.3, -0.25) is 4.98 Å². The average molecular weight is 333 g/mol. The van der Waals surface area contributed by atoms with Crippen LogP contribution in [0, 0.1) is 0 Å². The Kier molecular flexibility index (Phi) is 5.13. The molecule has 0 saturated heterocycles. The largest absolute Gasteiger partial charge is 0.463 e. The van der Waals surface area contributed by atoms with Crippen molar-refractivity contribution in [2.24, 2.45) is 0 Å². The van der Waals surface area contributed by atoms with Gasteiger partial charge in [-0.05, 0) is 59.4 Å². The summed E-state index contributed by atoms with van der Waals surface area (Å²) in [4.78, 5) is 16.4. The van der Waals surface area contributed by atoms with Crippen LogP contribution in [-0.2, 0) is 16.0 Å². The van der Waals surface area contributed by atoms with Crippen LogP contribution < -0.4 is 0 Å². The molecule has 0 spiro atoms. The van der Waals surface area contributed by atoms with Crippen molar-refractivity contribution in [3.63, 3.8) is 0 Å². The minimum absolute atomic E-state index is 0.196. The van der Waals surface area contributed by atoms with Crippen LogP contribution >= 0.6 is 0 Å². The third-order valence-electron chi connectivity index (χ3n) is 4.58. The quantitative estimate of drug-likeness (QED) is 0.598. The summed E-state index contributed by atoms with van der Waals surface area (Å²) in [6.45, 7) is 6.52. The number of rotatable bonds is 4. The van der Waals surface area contributed by atoms with Gasteiger partial charge in [0, 0.05) is 18.2 Å². The average Bonchev–Trinajstić information content (AvgIpc) is 2.75. The SMILES string of the molecule is CCOC(=O)/C=C/C1=Cc2cccnc2C(C)c2ccc(CC)cc21. The van der Waals surface area contributed by atoms with Crippen molar-refractivity contribution in [3.05, 3.63) is 76.6 Å². The zero-order valence-corrected chi connectivity index (χ0v) is 15.0. The predicted molar refractivity (Wildman–Crippen MR) is 101 cm³/mol. The van der Waals surface area contributed by atoms with Crippen molar-refractivity contribution in [3.8, 4) is 0 Å². The summed E-state index contributed by atoms with van der Waals surface area (Å²) in [7, 11) is 0. The first-order valence-electron chi connectivity index (χ1n) is 8.78. The zero-order chi connectivity index (χ0) is 17.8. The Labute approximate surface area is 149 Å². The maximum Gasteiger partial charge on any atom is 0.330 e. The highest BCUT2D eigenvalue weighted by atomic mass is 16.5. The summed E-state index contributed by atoms with van der Waals surface area (Å²) in [6.07, 6.45) is 8.28. The van der Waals surface area contributed by atoms with E-state index in [0.29, 0.717) is 6.61 Å². The van der Waals surface area contributed by atoms with Crippen molar-refractivity contribution in [2.45, 2.75) is 33.1 Å². The molecule has 0 N–H and O–H groups in total. The van der Waals surface area contributed by atoms with E-state index >= 15 is 0 Å². The minimum atomic E-state index is -0.319. The summed E-state index contributed by atoms with van der Waals surface area (Å²) in [6, 6.07) is 10.6. The van der Waals surface area contributed by atoms with Gasteiger partial charge < -0.3 is 4.74 Å². The number of allylic oxidation sites excluding steroid dienone is 2. The van der Waals surface area contributed by atoms with Gasteiger partial charge in [0.25, 0.3) is 0 Å². The number of nitrogens with zero attached hydrogens (tertiary/aromatic N) is 1. The highest BCUT2D eigenvalue weighted by molar-refractivity contribution is 5.94. The molecule has 25 heavy (non-hydrogen) atoms. The third kappa shape index (κ3) is 3.55. The smallest absolute Gasteiger partial charge is 0.330 e. The number of carbonyl (C=O) groups excluding carboxylic acids is 1.